The molecule has 1 heteroatoms. The molecule has 0 amide bonds. The van der Waals surface area contributed by atoms with Crippen molar-refractivity contribution in [3.8, 4) is 0 Å². The summed E-state index contributed by atoms with van der Waals surface area (Å²) in [5, 5.41) is 5.42. The predicted octanol–water partition coefficient (Wildman–Crippen LogP) is 4.75. The van der Waals surface area contributed by atoms with Crippen LogP contribution in [0.4, 0.5) is 0 Å². The largest absolute Gasteiger partial charge is 0.345 e. The molecule has 5 rings (SSSR count). The van der Waals surface area contributed by atoms with Crippen LogP contribution in [0, 0.1) is 0 Å². The zero-order chi connectivity index (χ0) is 13.8. The van der Waals surface area contributed by atoms with E-state index in [1.54, 1.807) is 0 Å². The minimum atomic E-state index is 0.997. The van der Waals surface area contributed by atoms with E-state index in [1.165, 1.54) is 38.4 Å². The van der Waals surface area contributed by atoms with Crippen LogP contribution in [-0.4, -0.2) is 4.57 Å². The van der Waals surface area contributed by atoms with Gasteiger partial charge in [-0.2, -0.15) is 0 Å². The third-order valence-electron chi connectivity index (χ3n) is 4.69. The molecule has 0 spiro atoms. The highest BCUT2D eigenvalue weighted by atomic mass is 15.0. The van der Waals surface area contributed by atoms with E-state index >= 15 is 0 Å². The van der Waals surface area contributed by atoms with Crippen molar-refractivity contribution in [2.75, 3.05) is 0 Å². The van der Waals surface area contributed by atoms with Crippen LogP contribution >= 0.6 is 0 Å². The van der Waals surface area contributed by atoms with Crippen molar-refractivity contribution in [3.05, 3.63) is 83.7 Å². The number of hydrogen-bond acceptors (Lipinski definition) is 0. The van der Waals surface area contributed by atoms with Crippen LogP contribution in [-0.2, 0) is 13.0 Å². The van der Waals surface area contributed by atoms with E-state index in [-0.39, 0.29) is 0 Å². The molecular formula is C20H15N. The topological polar surface area (TPSA) is 4.93 Å². The van der Waals surface area contributed by atoms with Crippen molar-refractivity contribution < 1.29 is 0 Å². The number of aromatic nitrogens is 1. The molecule has 1 nitrogen and oxygen atoms in total. The van der Waals surface area contributed by atoms with Crippen LogP contribution in [0.5, 0.6) is 0 Å². The minimum Gasteiger partial charge on any atom is -0.345 e. The van der Waals surface area contributed by atoms with Gasteiger partial charge in [0.05, 0.1) is 0 Å². The maximum Gasteiger partial charge on any atom is 0.0476 e. The summed E-state index contributed by atoms with van der Waals surface area (Å²) >= 11 is 0. The van der Waals surface area contributed by atoms with Crippen molar-refractivity contribution in [2.24, 2.45) is 0 Å². The monoisotopic (exact) mass is 269 g/mol. The Morgan fingerprint density at radius 3 is 2.29 bits per heavy atom. The second kappa shape index (κ2) is 3.98. The van der Waals surface area contributed by atoms with Gasteiger partial charge in [-0.1, -0.05) is 48.5 Å². The van der Waals surface area contributed by atoms with Gasteiger partial charge in [0.1, 0.15) is 0 Å². The first-order valence-corrected chi connectivity index (χ1v) is 7.46. The Morgan fingerprint density at radius 1 is 0.714 bits per heavy atom. The molecule has 0 unspecified atom stereocenters. The van der Waals surface area contributed by atoms with Crippen LogP contribution in [0.25, 0.3) is 21.5 Å². The summed E-state index contributed by atoms with van der Waals surface area (Å²) in [4.78, 5) is 0. The lowest BCUT2D eigenvalue weighted by Gasteiger charge is -2.19. The van der Waals surface area contributed by atoms with E-state index in [9.17, 15) is 0 Å². The van der Waals surface area contributed by atoms with E-state index in [0.717, 1.165) is 13.0 Å². The summed E-state index contributed by atoms with van der Waals surface area (Å²) in [6.07, 6.45) is 3.35. The summed E-state index contributed by atoms with van der Waals surface area (Å²) in [7, 11) is 0. The molecule has 2 heterocycles. The molecule has 0 aliphatic carbocycles. The van der Waals surface area contributed by atoms with Crippen molar-refractivity contribution in [1.29, 1.82) is 0 Å². The molecule has 3 aromatic carbocycles. The van der Waals surface area contributed by atoms with Crippen LogP contribution in [0.2, 0.25) is 0 Å². The Morgan fingerprint density at radius 2 is 1.43 bits per heavy atom. The molecule has 1 aromatic heterocycles. The number of nitrogens with zero attached hydrogens (tertiary/aromatic N) is 1. The maximum absolute atomic E-state index is 2.42. The van der Waals surface area contributed by atoms with Gasteiger partial charge < -0.3 is 4.57 Å². The fraction of sp³-hybridized carbons (Fsp3) is 0.100. The van der Waals surface area contributed by atoms with Crippen LogP contribution in [0.15, 0.2) is 66.9 Å². The van der Waals surface area contributed by atoms with Gasteiger partial charge in [-0.15, -0.1) is 0 Å². The summed E-state index contributed by atoms with van der Waals surface area (Å²) in [6.45, 7) is 0.997. The Hall–Kier alpha value is -2.54. The average molecular weight is 269 g/mol. The first-order valence-electron chi connectivity index (χ1n) is 7.46. The van der Waals surface area contributed by atoms with Gasteiger partial charge in [-0.05, 0) is 34.0 Å². The van der Waals surface area contributed by atoms with Gasteiger partial charge in [0, 0.05) is 35.6 Å². The molecule has 100 valence electrons. The fourth-order valence-corrected chi connectivity index (χ4v) is 3.60. The Balaban J connectivity index is 1.80. The smallest absolute Gasteiger partial charge is 0.0476 e. The molecule has 0 fully saturated rings. The molecule has 1 aliphatic rings. The average Bonchev–Trinajstić information content (AvgIpc) is 2.87. The van der Waals surface area contributed by atoms with Gasteiger partial charge in [0.15, 0.2) is 0 Å². The first-order chi connectivity index (χ1) is 10.4. The molecule has 0 atom stereocenters. The van der Waals surface area contributed by atoms with Crippen molar-refractivity contribution in [3.63, 3.8) is 0 Å². The molecule has 0 saturated heterocycles. The zero-order valence-corrected chi connectivity index (χ0v) is 11.7. The van der Waals surface area contributed by atoms with Crippen LogP contribution in [0.1, 0.15) is 16.8 Å². The highest BCUT2D eigenvalue weighted by molar-refractivity contribution is 5.99. The summed E-state index contributed by atoms with van der Waals surface area (Å²) < 4.78 is 2.42. The normalized spacial score (nSPS) is 13.3. The van der Waals surface area contributed by atoms with Crippen molar-refractivity contribution in [1.82, 2.24) is 4.57 Å². The number of fused-ring (bicyclic) bond motifs is 5. The molecule has 0 radical (unpaired) electrons. The highest BCUT2D eigenvalue weighted by Gasteiger charge is 2.17. The highest BCUT2D eigenvalue weighted by Crippen LogP contribution is 2.32. The third kappa shape index (κ3) is 1.58. The number of benzene rings is 3. The summed E-state index contributed by atoms with van der Waals surface area (Å²) in [6, 6.07) is 22.1. The lowest BCUT2D eigenvalue weighted by atomic mass is 9.97. The Bertz CT molecular complexity index is 991. The number of hydrogen-bond donors (Lipinski definition) is 0. The quantitative estimate of drug-likeness (QED) is 0.382. The SMILES string of the molecule is c1ccc2c(c1)Cc1c3cc4ccccc4cc3cn1C2. The van der Waals surface area contributed by atoms with Crippen molar-refractivity contribution in [2.45, 2.75) is 13.0 Å². The third-order valence-corrected chi connectivity index (χ3v) is 4.69. The van der Waals surface area contributed by atoms with E-state index in [2.05, 4.69) is 71.4 Å². The number of rotatable bonds is 0. The molecule has 0 N–H and O–H groups in total. The van der Waals surface area contributed by atoms with Gasteiger partial charge in [0.2, 0.25) is 0 Å². The van der Waals surface area contributed by atoms with Gasteiger partial charge in [-0.25, -0.2) is 0 Å². The van der Waals surface area contributed by atoms with Gasteiger partial charge >= 0.3 is 0 Å². The van der Waals surface area contributed by atoms with E-state index in [0.29, 0.717) is 0 Å². The molecule has 21 heavy (non-hydrogen) atoms. The molecular weight excluding hydrogens is 254 g/mol. The lowest BCUT2D eigenvalue weighted by molar-refractivity contribution is 0.723. The molecule has 1 aliphatic heterocycles. The molecule has 0 saturated carbocycles. The van der Waals surface area contributed by atoms with Crippen LogP contribution in [0.3, 0.4) is 0 Å². The summed E-state index contributed by atoms with van der Waals surface area (Å²) in [5.41, 5.74) is 4.38. The fourth-order valence-electron chi connectivity index (χ4n) is 3.60. The van der Waals surface area contributed by atoms with Gasteiger partial charge in [0.25, 0.3) is 0 Å². The standard InChI is InChI=1S/C20H15N/c1-2-6-15-10-19-18(9-14(15)5-1)13-21-12-17-8-4-3-7-16(17)11-20(19)21/h1-10,13H,11-12H2. The maximum atomic E-state index is 2.42. The van der Waals surface area contributed by atoms with E-state index < -0.39 is 0 Å². The van der Waals surface area contributed by atoms with Gasteiger partial charge in [-0.3, -0.25) is 0 Å². The summed E-state index contributed by atoms with van der Waals surface area (Å²) in [5.74, 6) is 0. The second-order valence-electron chi connectivity index (χ2n) is 5.94. The van der Waals surface area contributed by atoms with E-state index in [4.69, 9.17) is 0 Å². The van der Waals surface area contributed by atoms with Crippen molar-refractivity contribution >= 4 is 21.5 Å². The lowest BCUT2D eigenvalue weighted by Crippen LogP contribution is -2.12. The molecule has 4 aromatic rings. The predicted molar refractivity (Wildman–Crippen MR) is 87.8 cm³/mol. The minimum absolute atomic E-state index is 0.997. The van der Waals surface area contributed by atoms with Crippen LogP contribution < -0.4 is 0 Å². The Labute approximate surface area is 123 Å². The second-order valence-corrected chi connectivity index (χ2v) is 5.94. The van der Waals surface area contributed by atoms with E-state index in [1.807, 2.05) is 0 Å². The molecule has 0 bridgehead atoms. The zero-order valence-electron chi connectivity index (χ0n) is 11.7. The Kier molecular flexibility index (Phi) is 2.12. The first kappa shape index (κ1) is 11.2.